The van der Waals surface area contributed by atoms with Gasteiger partial charge in [-0.1, -0.05) is 24.6 Å². The Labute approximate surface area is 199 Å². The van der Waals surface area contributed by atoms with Gasteiger partial charge in [0.25, 0.3) is 11.8 Å². The molecule has 0 radical (unpaired) electrons. The van der Waals surface area contributed by atoms with Gasteiger partial charge in [0.15, 0.2) is 5.11 Å². The van der Waals surface area contributed by atoms with Gasteiger partial charge in [-0.2, -0.15) is 0 Å². The molecule has 4 rings (SSSR count). The number of thiocarbonyl (C=S) groups is 1. The second-order valence-corrected chi connectivity index (χ2v) is 9.77. The van der Waals surface area contributed by atoms with Crippen LogP contribution in [0.15, 0.2) is 42.0 Å². The van der Waals surface area contributed by atoms with Gasteiger partial charge < -0.3 is 4.90 Å². The molecular formula is C26H28FN3O2S. The summed E-state index contributed by atoms with van der Waals surface area (Å²) in [6, 6.07) is 10.5. The molecule has 0 bridgehead atoms. The van der Waals surface area contributed by atoms with Crippen LogP contribution in [0.25, 0.3) is 6.08 Å². The number of carbonyl (C=O) groups is 2. The summed E-state index contributed by atoms with van der Waals surface area (Å²) in [6.45, 7) is 11.2. The number of hydrogen-bond donors (Lipinski definition) is 1. The topological polar surface area (TPSA) is 52.7 Å². The van der Waals surface area contributed by atoms with E-state index in [0.717, 1.165) is 29.8 Å². The van der Waals surface area contributed by atoms with Crippen LogP contribution in [0.5, 0.6) is 0 Å². The predicted octanol–water partition coefficient (Wildman–Crippen LogP) is 5.08. The highest BCUT2D eigenvalue weighted by Gasteiger charge is 2.37. The van der Waals surface area contributed by atoms with E-state index in [2.05, 4.69) is 37.9 Å². The number of carbonyl (C=O) groups excluding carboxylic acids is 2. The van der Waals surface area contributed by atoms with E-state index in [4.69, 9.17) is 12.2 Å². The first-order valence-electron chi connectivity index (χ1n) is 11.1. The Morgan fingerprint density at radius 3 is 2.52 bits per heavy atom. The lowest BCUT2D eigenvalue weighted by Gasteiger charge is -2.47. The minimum absolute atomic E-state index is 0.00589. The molecule has 2 aromatic carbocycles. The third-order valence-corrected chi connectivity index (χ3v) is 6.80. The molecule has 1 N–H and O–H groups in total. The number of hydrogen-bond acceptors (Lipinski definition) is 4. The Hall–Kier alpha value is -3.06. The highest BCUT2D eigenvalue weighted by molar-refractivity contribution is 7.80. The molecule has 1 unspecified atom stereocenters. The lowest BCUT2D eigenvalue weighted by molar-refractivity contribution is -0.122. The molecule has 1 atom stereocenters. The average molecular weight is 466 g/mol. The second kappa shape index (κ2) is 8.37. The van der Waals surface area contributed by atoms with E-state index < -0.39 is 17.6 Å². The van der Waals surface area contributed by atoms with Crippen molar-refractivity contribution in [1.29, 1.82) is 0 Å². The van der Waals surface area contributed by atoms with E-state index in [1.54, 1.807) is 18.2 Å². The number of fused-ring (bicyclic) bond motifs is 1. The number of benzene rings is 2. The smallest absolute Gasteiger partial charge is 0.270 e. The Balaban J connectivity index is 1.77. The quantitative estimate of drug-likeness (QED) is 0.390. The zero-order chi connectivity index (χ0) is 24.1. The third kappa shape index (κ3) is 4.06. The number of amides is 2. The van der Waals surface area contributed by atoms with Gasteiger partial charge in [0, 0.05) is 23.3 Å². The molecule has 1 fully saturated rings. The molecular weight excluding hydrogens is 437 g/mol. The normalized spacial score (nSPS) is 21.3. The summed E-state index contributed by atoms with van der Waals surface area (Å²) in [5.74, 6) is -1.47. The van der Waals surface area contributed by atoms with Gasteiger partial charge >= 0.3 is 0 Å². The SMILES string of the molecule is CCN1c2cc(F)c(/C=C3/C(=O)NC(=S)N(c4ccc(C)cc4)C3=O)cc2C(C)CC1(C)C. The molecule has 0 aliphatic carbocycles. The van der Waals surface area contributed by atoms with E-state index in [-0.39, 0.29) is 27.7 Å². The van der Waals surface area contributed by atoms with Crippen molar-refractivity contribution in [3.05, 3.63) is 64.5 Å². The Morgan fingerprint density at radius 1 is 1.21 bits per heavy atom. The van der Waals surface area contributed by atoms with Gasteiger partial charge in [-0.05, 0) is 88.2 Å². The maximum atomic E-state index is 15.3. The van der Waals surface area contributed by atoms with Crippen molar-refractivity contribution < 1.29 is 14.0 Å². The Bertz CT molecular complexity index is 1190. The number of aryl methyl sites for hydroxylation is 1. The van der Waals surface area contributed by atoms with Gasteiger partial charge in [-0.15, -0.1) is 0 Å². The monoisotopic (exact) mass is 465 g/mol. The average Bonchev–Trinajstić information content (AvgIpc) is 2.72. The lowest BCUT2D eigenvalue weighted by atomic mass is 9.79. The highest BCUT2D eigenvalue weighted by Crippen LogP contribution is 2.44. The van der Waals surface area contributed by atoms with Gasteiger partial charge in [-0.3, -0.25) is 19.8 Å². The van der Waals surface area contributed by atoms with Crippen molar-refractivity contribution in [2.24, 2.45) is 0 Å². The van der Waals surface area contributed by atoms with Crippen LogP contribution in [0.2, 0.25) is 0 Å². The number of rotatable bonds is 3. The van der Waals surface area contributed by atoms with Crippen LogP contribution < -0.4 is 15.1 Å². The molecule has 2 aromatic rings. The van der Waals surface area contributed by atoms with Crippen LogP contribution in [-0.4, -0.2) is 29.0 Å². The second-order valence-electron chi connectivity index (χ2n) is 9.39. The zero-order valence-electron chi connectivity index (χ0n) is 19.5. The number of nitrogens with one attached hydrogen (secondary N) is 1. The maximum Gasteiger partial charge on any atom is 0.270 e. The standard InChI is InChI=1S/C26H28FN3O2S/c1-6-29-22-13-21(27)17(11-19(22)16(3)14-26(29,4)5)12-20-23(31)28-25(33)30(24(20)32)18-9-7-15(2)8-10-18/h7-13,16H,6,14H2,1-5H3,(H,28,31,33)/b20-12-. The fourth-order valence-electron chi connectivity index (χ4n) is 4.97. The van der Waals surface area contributed by atoms with Crippen molar-refractivity contribution in [2.75, 3.05) is 16.3 Å². The molecule has 0 aromatic heterocycles. The summed E-state index contributed by atoms with van der Waals surface area (Å²) in [6.07, 6.45) is 2.25. The molecule has 5 nitrogen and oxygen atoms in total. The van der Waals surface area contributed by atoms with Crippen LogP contribution in [0.3, 0.4) is 0 Å². The van der Waals surface area contributed by atoms with Gasteiger partial charge in [0.05, 0.1) is 5.69 Å². The Morgan fingerprint density at radius 2 is 1.88 bits per heavy atom. The summed E-state index contributed by atoms with van der Waals surface area (Å²) in [5, 5.41) is 2.57. The number of nitrogens with zero attached hydrogens (tertiary/aromatic N) is 2. The first-order valence-corrected chi connectivity index (χ1v) is 11.5. The minimum Gasteiger partial charge on any atom is -0.366 e. The molecule has 2 aliphatic rings. The molecule has 33 heavy (non-hydrogen) atoms. The number of halogens is 1. The van der Waals surface area contributed by atoms with Crippen molar-refractivity contribution in [2.45, 2.75) is 52.5 Å². The molecule has 1 saturated heterocycles. The maximum absolute atomic E-state index is 15.3. The molecule has 2 amide bonds. The van der Waals surface area contributed by atoms with Crippen molar-refractivity contribution in [3.8, 4) is 0 Å². The largest absolute Gasteiger partial charge is 0.366 e. The van der Waals surface area contributed by atoms with Crippen LogP contribution in [0.1, 0.15) is 56.7 Å². The summed E-state index contributed by atoms with van der Waals surface area (Å²) >= 11 is 5.25. The van der Waals surface area contributed by atoms with Gasteiger partial charge in [0.2, 0.25) is 0 Å². The first kappa shape index (κ1) is 23.1. The van der Waals surface area contributed by atoms with Gasteiger partial charge in [-0.25, -0.2) is 4.39 Å². The fraction of sp³-hybridized carbons (Fsp3) is 0.346. The molecule has 0 spiro atoms. The predicted molar refractivity (Wildman–Crippen MR) is 134 cm³/mol. The van der Waals surface area contributed by atoms with Crippen LogP contribution >= 0.6 is 12.2 Å². The molecule has 172 valence electrons. The molecule has 7 heteroatoms. The zero-order valence-corrected chi connectivity index (χ0v) is 20.3. The van der Waals surface area contributed by atoms with Crippen LogP contribution in [0.4, 0.5) is 15.8 Å². The van der Waals surface area contributed by atoms with E-state index in [9.17, 15) is 9.59 Å². The molecule has 2 heterocycles. The summed E-state index contributed by atoms with van der Waals surface area (Å²) in [7, 11) is 0. The van der Waals surface area contributed by atoms with Crippen LogP contribution in [-0.2, 0) is 9.59 Å². The minimum atomic E-state index is -0.630. The van der Waals surface area contributed by atoms with Crippen molar-refractivity contribution in [3.63, 3.8) is 0 Å². The highest BCUT2D eigenvalue weighted by atomic mass is 32.1. The van der Waals surface area contributed by atoms with Crippen molar-refractivity contribution in [1.82, 2.24) is 5.32 Å². The first-order chi connectivity index (χ1) is 15.5. The van der Waals surface area contributed by atoms with E-state index in [0.29, 0.717) is 5.69 Å². The van der Waals surface area contributed by atoms with E-state index in [1.807, 2.05) is 19.1 Å². The molecule has 2 aliphatic heterocycles. The Kier molecular flexibility index (Phi) is 5.86. The lowest BCUT2D eigenvalue weighted by Crippen LogP contribution is -2.54. The summed E-state index contributed by atoms with van der Waals surface area (Å²) in [4.78, 5) is 29.4. The van der Waals surface area contributed by atoms with E-state index >= 15 is 4.39 Å². The summed E-state index contributed by atoms with van der Waals surface area (Å²) in [5.41, 5.74) is 3.43. The fourth-order valence-corrected chi connectivity index (χ4v) is 5.25. The van der Waals surface area contributed by atoms with E-state index in [1.165, 1.54) is 17.0 Å². The third-order valence-electron chi connectivity index (χ3n) is 6.51. The van der Waals surface area contributed by atoms with Crippen molar-refractivity contribution >= 4 is 46.6 Å². The van der Waals surface area contributed by atoms with Gasteiger partial charge in [0.1, 0.15) is 11.4 Å². The molecule has 0 saturated carbocycles. The summed E-state index contributed by atoms with van der Waals surface area (Å²) < 4.78 is 15.3. The number of anilines is 2. The van der Waals surface area contributed by atoms with Crippen LogP contribution in [0, 0.1) is 12.7 Å².